The molecule has 0 aliphatic rings. The van der Waals surface area contributed by atoms with Gasteiger partial charge in [-0.2, -0.15) is 3.97 Å². The van der Waals surface area contributed by atoms with Gasteiger partial charge in [0.15, 0.2) is 5.76 Å². The van der Waals surface area contributed by atoms with Crippen LogP contribution in [-0.4, -0.2) is 39.5 Å². The molecule has 3 aromatic rings. The highest BCUT2D eigenvalue weighted by molar-refractivity contribution is 8.01. The van der Waals surface area contributed by atoms with Gasteiger partial charge in [-0.1, -0.05) is 30.0 Å². The Morgan fingerprint density at radius 2 is 1.85 bits per heavy atom. The largest absolute Gasteiger partial charge is 0.461 e. The number of nitrogens with zero attached hydrogens (tertiary/aromatic N) is 3. The van der Waals surface area contributed by atoms with Gasteiger partial charge in [-0.25, -0.2) is 8.42 Å². The summed E-state index contributed by atoms with van der Waals surface area (Å²) in [6.45, 7) is 3.37. The Morgan fingerprint density at radius 3 is 2.44 bits per heavy atom. The Morgan fingerprint density at radius 1 is 1.15 bits per heavy atom. The van der Waals surface area contributed by atoms with Crippen LogP contribution in [0.15, 0.2) is 58.3 Å². The number of hydrogen-bond donors (Lipinski definition) is 1. The Balaban J connectivity index is 1.91. The summed E-state index contributed by atoms with van der Waals surface area (Å²) in [4.78, 5) is 12.7. The lowest BCUT2D eigenvalue weighted by molar-refractivity contribution is -0.117. The molecular weight excluding hydrogens is 388 g/mol. The number of aromatic nitrogens is 3. The molecule has 2 heterocycles. The van der Waals surface area contributed by atoms with Crippen molar-refractivity contribution in [2.24, 2.45) is 0 Å². The zero-order chi connectivity index (χ0) is 19.7. The van der Waals surface area contributed by atoms with Crippen LogP contribution in [0.2, 0.25) is 0 Å². The number of amides is 1. The third kappa shape index (κ3) is 4.22. The third-order valence-corrected chi connectivity index (χ3v) is 5.86. The molecule has 0 bridgehead atoms. The highest BCUT2D eigenvalue weighted by Crippen LogP contribution is 2.35. The average molecular weight is 406 g/mol. The lowest BCUT2D eigenvalue weighted by atomic mass is 10.2. The lowest BCUT2D eigenvalue weighted by Crippen LogP contribution is -2.34. The van der Waals surface area contributed by atoms with Crippen LogP contribution in [0.1, 0.15) is 13.8 Å². The van der Waals surface area contributed by atoms with Crippen LogP contribution < -0.4 is 5.32 Å². The van der Waals surface area contributed by atoms with Crippen LogP contribution >= 0.6 is 11.8 Å². The summed E-state index contributed by atoms with van der Waals surface area (Å²) in [5.74, 6) is 0.0388. The normalized spacial score (nSPS) is 12.1. The maximum atomic E-state index is 12.7. The summed E-state index contributed by atoms with van der Waals surface area (Å²) in [5, 5.41) is 10.8. The van der Waals surface area contributed by atoms with Crippen LogP contribution in [0.4, 0.5) is 5.69 Å². The summed E-state index contributed by atoms with van der Waals surface area (Å²) in [7, 11) is -3.72. The number of carbonyl (C=O) groups excluding carboxylic acids is 1. The molecule has 0 atom stereocenters. The van der Waals surface area contributed by atoms with E-state index in [1.807, 2.05) is 18.2 Å². The van der Waals surface area contributed by atoms with E-state index in [1.54, 1.807) is 38.1 Å². The Hall–Kier alpha value is -2.59. The van der Waals surface area contributed by atoms with E-state index in [0.717, 1.165) is 22.0 Å². The van der Waals surface area contributed by atoms with Gasteiger partial charge in [-0.3, -0.25) is 4.79 Å². The quantitative estimate of drug-likeness (QED) is 0.627. The number of benzene rings is 1. The minimum absolute atomic E-state index is 0.0595. The topological polar surface area (TPSA) is 107 Å². The molecule has 0 radical (unpaired) electrons. The predicted octanol–water partition coefficient (Wildman–Crippen LogP) is 2.86. The fraction of sp³-hybridized carbons (Fsp3) is 0.235. The van der Waals surface area contributed by atoms with Crippen molar-refractivity contribution in [2.45, 2.75) is 23.8 Å². The maximum absolute atomic E-state index is 12.7. The van der Waals surface area contributed by atoms with Gasteiger partial charge in [-0.15, -0.1) is 10.2 Å². The van der Waals surface area contributed by atoms with Crippen molar-refractivity contribution < 1.29 is 17.6 Å². The molecule has 1 aromatic carbocycles. The highest BCUT2D eigenvalue weighted by atomic mass is 32.2. The van der Waals surface area contributed by atoms with Crippen molar-refractivity contribution in [1.29, 1.82) is 0 Å². The zero-order valence-electron chi connectivity index (χ0n) is 14.9. The van der Waals surface area contributed by atoms with E-state index in [9.17, 15) is 13.2 Å². The van der Waals surface area contributed by atoms with E-state index in [0.29, 0.717) is 5.69 Å². The maximum Gasteiger partial charge on any atom is 0.240 e. The molecule has 0 saturated carbocycles. The minimum atomic E-state index is -3.72. The van der Waals surface area contributed by atoms with E-state index in [4.69, 9.17) is 4.42 Å². The average Bonchev–Trinajstić information content (AvgIpc) is 3.24. The van der Waals surface area contributed by atoms with Gasteiger partial charge in [0.25, 0.3) is 0 Å². The molecule has 0 aliphatic carbocycles. The van der Waals surface area contributed by atoms with Crippen LogP contribution in [0.5, 0.6) is 0 Å². The minimum Gasteiger partial charge on any atom is -0.461 e. The fourth-order valence-electron chi connectivity index (χ4n) is 2.26. The van der Waals surface area contributed by atoms with E-state index < -0.39 is 14.8 Å². The zero-order valence-corrected chi connectivity index (χ0v) is 16.5. The van der Waals surface area contributed by atoms with Crippen LogP contribution in [0.25, 0.3) is 11.6 Å². The number of para-hydroxylation sites is 1. The highest BCUT2D eigenvalue weighted by Gasteiger charge is 2.34. The van der Waals surface area contributed by atoms with Gasteiger partial charge in [0.05, 0.1) is 17.3 Å². The molecule has 1 N–H and O–H groups in total. The second-order valence-electron chi connectivity index (χ2n) is 6.24. The molecule has 0 unspecified atom stereocenters. The first-order valence-corrected chi connectivity index (χ1v) is 10.6. The predicted molar refractivity (Wildman–Crippen MR) is 103 cm³/mol. The standard InChI is InChI=1S/C17H18N4O4S2/c1-17(2,15(22)18-12-8-5-4-6-9-12)26-16-20-19-14(13-10-7-11-25-13)21(16)27(3,23)24/h4-11H,1-3H3,(H,18,22). The molecule has 3 rings (SSSR count). The molecule has 10 heteroatoms. The van der Waals surface area contributed by atoms with Crippen molar-refractivity contribution in [3.8, 4) is 11.6 Å². The van der Waals surface area contributed by atoms with E-state index >= 15 is 0 Å². The van der Waals surface area contributed by atoms with Crippen LogP contribution in [0, 0.1) is 0 Å². The molecule has 8 nitrogen and oxygen atoms in total. The van der Waals surface area contributed by atoms with E-state index in [-0.39, 0.29) is 22.6 Å². The molecule has 0 saturated heterocycles. The second kappa shape index (κ2) is 7.20. The van der Waals surface area contributed by atoms with Gasteiger partial charge in [0, 0.05) is 5.69 Å². The molecule has 27 heavy (non-hydrogen) atoms. The number of hydrogen-bond acceptors (Lipinski definition) is 7. The van der Waals surface area contributed by atoms with Gasteiger partial charge in [0.2, 0.25) is 26.9 Å². The third-order valence-electron chi connectivity index (χ3n) is 3.59. The van der Waals surface area contributed by atoms with Crippen molar-refractivity contribution in [3.05, 3.63) is 48.7 Å². The van der Waals surface area contributed by atoms with Crippen molar-refractivity contribution in [1.82, 2.24) is 14.2 Å². The Kier molecular flexibility index (Phi) is 5.11. The molecule has 0 fully saturated rings. The number of carbonyl (C=O) groups is 1. The smallest absolute Gasteiger partial charge is 0.240 e. The summed E-state index contributed by atoms with van der Waals surface area (Å²) in [5.41, 5.74) is 0.650. The summed E-state index contributed by atoms with van der Waals surface area (Å²) in [6, 6.07) is 12.2. The number of nitrogens with one attached hydrogen (secondary N) is 1. The van der Waals surface area contributed by atoms with E-state index in [2.05, 4.69) is 15.5 Å². The molecule has 0 aliphatic heterocycles. The summed E-state index contributed by atoms with van der Waals surface area (Å²) >= 11 is 1.00. The van der Waals surface area contributed by atoms with Crippen molar-refractivity contribution >= 4 is 33.4 Å². The first-order valence-electron chi connectivity index (χ1n) is 7.94. The molecule has 0 spiro atoms. The SMILES string of the molecule is CC(C)(Sc1nnc(-c2ccco2)n1S(C)(=O)=O)C(=O)Nc1ccccc1. The van der Waals surface area contributed by atoms with Gasteiger partial charge >= 0.3 is 0 Å². The number of anilines is 1. The molecule has 142 valence electrons. The van der Waals surface area contributed by atoms with Crippen LogP contribution in [-0.2, 0) is 14.8 Å². The van der Waals surface area contributed by atoms with Gasteiger partial charge in [0.1, 0.15) is 0 Å². The first-order chi connectivity index (χ1) is 12.7. The molecule has 1 amide bonds. The number of furan rings is 1. The lowest BCUT2D eigenvalue weighted by Gasteiger charge is -2.22. The fourth-order valence-corrected chi connectivity index (χ4v) is 4.39. The molecule has 2 aromatic heterocycles. The monoisotopic (exact) mass is 406 g/mol. The number of rotatable bonds is 6. The van der Waals surface area contributed by atoms with Crippen molar-refractivity contribution in [3.63, 3.8) is 0 Å². The van der Waals surface area contributed by atoms with Crippen LogP contribution in [0.3, 0.4) is 0 Å². The Labute approximate surface area is 161 Å². The van der Waals surface area contributed by atoms with Gasteiger partial charge < -0.3 is 9.73 Å². The first kappa shape index (κ1) is 19.2. The summed E-state index contributed by atoms with van der Waals surface area (Å²) in [6.07, 6.45) is 2.46. The Bertz CT molecular complexity index is 1040. The second-order valence-corrected chi connectivity index (χ2v) is 9.66. The van der Waals surface area contributed by atoms with Crippen molar-refractivity contribution in [2.75, 3.05) is 11.6 Å². The van der Waals surface area contributed by atoms with Gasteiger partial charge in [-0.05, 0) is 38.1 Å². The molecular formula is C17H18N4O4S2. The number of thioether (sulfide) groups is 1. The van der Waals surface area contributed by atoms with E-state index in [1.165, 1.54) is 6.26 Å². The summed E-state index contributed by atoms with van der Waals surface area (Å²) < 4.78 is 29.8.